The molecule has 2 aromatic rings. The van der Waals surface area contributed by atoms with Crippen molar-refractivity contribution in [2.45, 2.75) is 25.2 Å². The van der Waals surface area contributed by atoms with Crippen LogP contribution in [0.2, 0.25) is 0 Å². The third-order valence-electron chi connectivity index (χ3n) is 3.02. The molecule has 0 saturated carbocycles. The topological polar surface area (TPSA) is 48.1 Å². The molecule has 2 rings (SSSR count). The number of alkyl halides is 1. The van der Waals surface area contributed by atoms with Crippen LogP contribution in [0.1, 0.15) is 11.3 Å². The van der Waals surface area contributed by atoms with Gasteiger partial charge in [-0.2, -0.15) is 0 Å². The summed E-state index contributed by atoms with van der Waals surface area (Å²) in [4.78, 5) is 4.14. The van der Waals surface area contributed by atoms with Crippen molar-refractivity contribution in [3.05, 3.63) is 66.0 Å². The Morgan fingerprint density at radius 2 is 1.85 bits per heavy atom. The molecule has 20 heavy (non-hydrogen) atoms. The van der Waals surface area contributed by atoms with Gasteiger partial charge >= 0.3 is 0 Å². The molecule has 0 bridgehead atoms. The number of aromatic nitrogens is 1. The predicted molar refractivity (Wildman–Crippen MR) is 76.9 cm³/mol. The second-order valence-electron chi connectivity index (χ2n) is 4.71. The number of ether oxygens (including phenoxy) is 1. The van der Waals surface area contributed by atoms with Gasteiger partial charge in [0, 0.05) is 24.4 Å². The van der Waals surface area contributed by atoms with Gasteiger partial charge in [0.2, 0.25) is 0 Å². The number of benzene rings is 1. The largest absolute Gasteiger partial charge is 0.374 e. The standard InChI is InChI=1S/C16H19FN2O/c17-15(12-20-11-13-6-2-1-3-7-13)16(18)10-14-8-4-5-9-19-14/h1-9,15-16H,10-12,18H2. The quantitative estimate of drug-likeness (QED) is 0.844. The lowest BCUT2D eigenvalue weighted by molar-refractivity contribution is 0.0595. The van der Waals surface area contributed by atoms with Crippen LogP contribution in [0.4, 0.5) is 4.39 Å². The van der Waals surface area contributed by atoms with Crippen molar-refractivity contribution in [3.8, 4) is 0 Å². The van der Waals surface area contributed by atoms with Crippen LogP contribution in [-0.4, -0.2) is 23.8 Å². The molecular weight excluding hydrogens is 255 g/mol. The normalized spacial score (nSPS) is 13.9. The molecule has 0 fully saturated rings. The maximum absolute atomic E-state index is 13.9. The summed E-state index contributed by atoms with van der Waals surface area (Å²) in [7, 11) is 0. The number of hydrogen-bond donors (Lipinski definition) is 1. The minimum absolute atomic E-state index is 0.00287. The molecule has 3 nitrogen and oxygen atoms in total. The first-order valence-electron chi connectivity index (χ1n) is 6.67. The molecule has 0 amide bonds. The minimum Gasteiger partial charge on any atom is -0.374 e. The summed E-state index contributed by atoms with van der Waals surface area (Å²) < 4.78 is 19.3. The van der Waals surface area contributed by atoms with E-state index in [1.807, 2.05) is 48.5 Å². The maximum atomic E-state index is 13.9. The highest BCUT2D eigenvalue weighted by atomic mass is 19.1. The zero-order valence-corrected chi connectivity index (χ0v) is 11.3. The van der Waals surface area contributed by atoms with Crippen LogP contribution in [-0.2, 0) is 17.8 Å². The summed E-state index contributed by atoms with van der Waals surface area (Å²) in [5, 5.41) is 0. The lowest BCUT2D eigenvalue weighted by Gasteiger charge is -2.16. The van der Waals surface area contributed by atoms with Crippen molar-refractivity contribution in [1.29, 1.82) is 0 Å². The monoisotopic (exact) mass is 274 g/mol. The third-order valence-corrected chi connectivity index (χ3v) is 3.02. The molecular formula is C16H19FN2O. The summed E-state index contributed by atoms with van der Waals surface area (Å²) in [6, 6.07) is 14.6. The zero-order valence-electron chi connectivity index (χ0n) is 11.3. The van der Waals surface area contributed by atoms with E-state index in [1.54, 1.807) is 6.20 Å². The molecule has 0 aliphatic heterocycles. The fraction of sp³-hybridized carbons (Fsp3) is 0.312. The molecule has 0 spiro atoms. The molecule has 1 aromatic carbocycles. The van der Waals surface area contributed by atoms with Crippen molar-refractivity contribution >= 4 is 0 Å². The van der Waals surface area contributed by atoms with Crippen molar-refractivity contribution in [2.24, 2.45) is 5.73 Å². The van der Waals surface area contributed by atoms with E-state index in [4.69, 9.17) is 10.5 Å². The van der Waals surface area contributed by atoms with Gasteiger partial charge in [0.1, 0.15) is 6.17 Å². The average Bonchev–Trinajstić information content (AvgIpc) is 2.49. The molecule has 0 radical (unpaired) electrons. The first-order chi connectivity index (χ1) is 9.75. The minimum atomic E-state index is -1.19. The SMILES string of the molecule is NC(Cc1ccccn1)C(F)COCc1ccccc1. The predicted octanol–water partition coefficient (Wildman–Crippen LogP) is 2.51. The van der Waals surface area contributed by atoms with Gasteiger partial charge in [-0.3, -0.25) is 4.98 Å². The van der Waals surface area contributed by atoms with Gasteiger partial charge in [-0.15, -0.1) is 0 Å². The molecule has 2 atom stereocenters. The van der Waals surface area contributed by atoms with E-state index in [0.29, 0.717) is 13.0 Å². The number of nitrogens with two attached hydrogens (primary N) is 1. The first-order valence-corrected chi connectivity index (χ1v) is 6.67. The van der Waals surface area contributed by atoms with E-state index in [1.165, 1.54) is 0 Å². The van der Waals surface area contributed by atoms with Crippen LogP contribution in [0.15, 0.2) is 54.7 Å². The number of nitrogens with zero attached hydrogens (tertiary/aromatic N) is 1. The smallest absolute Gasteiger partial charge is 0.139 e. The fourth-order valence-corrected chi connectivity index (χ4v) is 1.88. The van der Waals surface area contributed by atoms with Crippen LogP contribution < -0.4 is 5.73 Å². The fourth-order valence-electron chi connectivity index (χ4n) is 1.88. The van der Waals surface area contributed by atoms with Gasteiger partial charge in [0.25, 0.3) is 0 Å². The van der Waals surface area contributed by atoms with Crippen molar-refractivity contribution in [3.63, 3.8) is 0 Å². The number of halogens is 1. The summed E-state index contributed by atoms with van der Waals surface area (Å²) in [6.45, 7) is 0.403. The van der Waals surface area contributed by atoms with Gasteiger partial charge in [-0.05, 0) is 17.7 Å². The highest BCUT2D eigenvalue weighted by Gasteiger charge is 2.18. The number of pyridine rings is 1. The van der Waals surface area contributed by atoms with E-state index in [9.17, 15) is 4.39 Å². The average molecular weight is 274 g/mol. The molecule has 0 aliphatic carbocycles. The van der Waals surface area contributed by atoms with E-state index >= 15 is 0 Å². The molecule has 106 valence electrons. The summed E-state index contributed by atoms with van der Waals surface area (Å²) in [5.41, 5.74) is 7.66. The van der Waals surface area contributed by atoms with Gasteiger partial charge < -0.3 is 10.5 Å². The van der Waals surface area contributed by atoms with Crippen LogP contribution in [0.25, 0.3) is 0 Å². The Bertz CT molecular complexity index is 492. The molecule has 1 aromatic heterocycles. The van der Waals surface area contributed by atoms with Crippen LogP contribution in [0, 0.1) is 0 Å². The van der Waals surface area contributed by atoms with Crippen molar-refractivity contribution in [2.75, 3.05) is 6.61 Å². The number of hydrogen-bond acceptors (Lipinski definition) is 3. The van der Waals surface area contributed by atoms with Crippen LogP contribution in [0.5, 0.6) is 0 Å². The van der Waals surface area contributed by atoms with Gasteiger partial charge in [-0.25, -0.2) is 4.39 Å². The highest BCUT2D eigenvalue weighted by molar-refractivity contribution is 5.13. The van der Waals surface area contributed by atoms with E-state index in [2.05, 4.69) is 4.98 Å². The second kappa shape index (κ2) is 7.72. The van der Waals surface area contributed by atoms with E-state index in [0.717, 1.165) is 11.3 Å². The summed E-state index contributed by atoms with van der Waals surface area (Å²) >= 11 is 0. The van der Waals surface area contributed by atoms with Crippen molar-refractivity contribution < 1.29 is 9.13 Å². The Morgan fingerprint density at radius 1 is 1.10 bits per heavy atom. The van der Waals surface area contributed by atoms with Gasteiger partial charge in [0.05, 0.1) is 13.2 Å². The molecule has 0 aliphatic rings. The lowest BCUT2D eigenvalue weighted by atomic mass is 10.1. The molecule has 2 unspecified atom stereocenters. The Balaban J connectivity index is 1.73. The van der Waals surface area contributed by atoms with E-state index in [-0.39, 0.29) is 6.61 Å². The Morgan fingerprint density at radius 3 is 2.55 bits per heavy atom. The lowest BCUT2D eigenvalue weighted by Crippen LogP contribution is -2.37. The van der Waals surface area contributed by atoms with Crippen LogP contribution >= 0.6 is 0 Å². The van der Waals surface area contributed by atoms with Gasteiger partial charge in [0.15, 0.2) is 0 Å². The zero-order chi connectivity index (χ0) is 14.2. The van der Waals surface area contributed by atoms with Crippen LogP contribution in [0.3, 0.4) is 0 Å². The highest BCUT2D eigenvalue weighted by Crippen LogP contribution is 2.07. The first kappa shape index (κ1) is 14.6. The third kappa shape index (κ3) is 4.72. The van der Waals surface area contributed by atoms with E-state index < -0.39 is 12.2 Å². The Hall–Kier alpha value is -1.78. The second-order valence-corrected chi connectivity index (χ2v) is 4.71. The molecule has 1 heterocycles. The Labute approximate surface area is 118 Å². The maximum Gasteiger partial charge on any atom is 0.139 e. The van der Waals surface area contributed by atoms with Crippen molar-refractivity contribution in [1.82, 2.24) is 4.98 Å². The Kier molecular flexibility index (Phi) is 5.65. The van der Waals surface area contributed by atoms with Gasteiger partial charge in [-0.1, -0.05) is 36.4 Å². The summed E-state index contributed by atoms with van der Waals surface area (Å²) in [6.07, 6.45) is 0.901. The molecule has 4 heteroatoms. The molecule has 2 N–H and O–H groups in total. The molecule has 0 saturated heterocycles. The number of rotatable bonds is 7. The summed E-state index contributed by atoms with van der Waals surface area (Å²) in [5.74, 6) is 0.